The number of rotatable bonds is 0. The average Bonchev–Trinajstić information content (AvgIpc) is 2.34. The van der Waals surface area contributed by atoms with Crippen LogP contribution < -0.4 is 0 Å². The molecule has 11 heavy (non-hydrogen) atoms. The Morgan fingerprint density at radius 2 is 2.36 bits per heavy atom. The lowest BCUT2D eigenvalue weighted by Gasteiger charge is -1.95. The van der Waals surface area contributed by atoms with Crippen molar-refractivity contribution in [2.24, 2.45) is 0 Å². The van der Waals surface area contributed by atoms with Crippen LogP contribution in [-0.4, -0.2) is 24.7 Å². The zero-order chi connectivity index (χ0) is 7.84. The first kappa shape index (κ1) is 6.09. The van der Waals surface area contributed by atoms with Gasteiger partial charge in [-0.1, -0.05) is 0 Å². The van der Waals surface area contributed by atoms with Gasteiger partial charge in [0.05, 0.1) is 0 Å². The molecule has 0 unspecified atom stereocenters. The van der Waals surface area contributed by atoms with Gasteiger partial charge in [0, 0.05) is 12.4 Å². The summed E-state index contributed by atoms with van der Waals surface area (Å²) in [6.45, 7) is 1.71. The molecular weight excluding hydrogens is 144 g/mol. The molecule has 5 nitrogen and oxygen atoms in total. The Bertz CT molecular complexity index is 394. The van der Waals surface area contributed by atoms with Crippen LogP contribution in [0.4, 0.5) is 0 Å². The van der Waals surface area contributed by atoms with E-state index in [4.69, 9.17) is 0 Å². The third-order valence-corrected chi connectivity index (χ3v) is 1.34. The molecule has 0 aromatic carbocycles. The monoisotopic (exact) mass is 150 g/mol. The van der Waals surface area contributed by atoms with Gasteiger partial charge < -0.3 is 5.11 Å². The van der Waals surface area contributed by atoms with Crippen molar-refractivity contribution in [2.45, 2.75) is 6.92 Å². The van der Waals surface area contributed by atoms with Crippen LogP contribution in [0.1, 0.15) is 5.82 Å². The zero-order valence-corrected chi connectivity index (χ0v) is 5.89. The van der Waals surface area contributed by atoms with Gasteiger partial charge >= 0.3 is 0 Å². The topological polar surface area (TPSA) is 63.3 Å². The standard InChI is InChI=1S/C6H6N4O/c1-4-8-6(11)5-7-2-3-10(5)9-4/h2-3H,1H3,(H,8,9,11). The van der Waals surface area contributed by atoms with Gasteiger partial charge in [0.15, 0.2) is 0 Å². The van der Waals surface area contributed by atoms with Crippen molar-refractivity contribution in [3.05, 3.63) is 18.2 Å². The molecule has 0 aliphatic carbocycles. The fraction of sp³-hybridized carbons (Fsp3) is 0.167. The molecule has 56 valence electrons. The highest BCUT2D eigenvalue weighted by atomic mass is 16.3. The van der Waals surface area contributed by atoms with Crippen LogP contribution in [0.15, 0.2) is 12.4 Å². The van der Waals surface area contributed by atoms with Crippen LogP contribution in [0.25, 0.3) is 5.65 Å². The minimum Gasteiger partial charge on any atom is -0.491 e. The Kier molecular flexibility index (Phi) is 1.06. The van der Waals surface area contributed by atoms with E-state index in [9.17, 15) is 5.11 Å². The number of hydrogen-bond donors (Lipinski definition) is 1. The Labute approximate surface area is 62.3 Å². The first-order valence-electron chi connectivity index (χ1n) is 3.14. The van der Waals surface area contributed by atoms with E-state index in [2.05, 4.69) is 15.1 Å². The van der Waals surface area contributed by atoms with Gasteiger partial charge in [-0.3, -0.25) is 0 Å². The van der Waals surface area contributed by atoms with Gasteiger partial charge in [0.25, 0.3) is 5.88 Å². The van der Waals surface area contributed by atoms with Crippen LogP contribution in [0.5, 0.6) is 5.88 Å². The molecule has 2 heterocycles. The maximum Gasteiger partial charge on any atom is 0.259 e. The number of aromatic nitrogens is 4. The lowest BCUT2D eigenvalue weighted by atomic mass is 10.6. The SMILES string of the molecule is Cc1nc(O)c2nccn2n1. The van der Waals surface area contributed by atoms with E-state index in [1.807, 2.05) is 0 Å². The van der Waals surface area contributed by atoms with E-state index < -0.39 is 0 Å². The fourth-order valence-corrected chi connectivity index (χ4v) is 0.919. The van der Waals surface area contributed by atoms with Crippen LogP contribution in [-0.2, 0) is 0 Å². The Balaban J connectivity index is 2.91. The van der Waals surface area contributed by atoms with E-state index in [1.54, 1.807) is 19.3 Å². The van der Waals surface area contributed by atoms with Crippen molar-refractivity contribution in [3.63, 3.8) is 0 Å². The molecule has 0 saturated heterocycles. The number of aryl methyl sites for hydroxylation is 1. The summed E-state index contributed by atoms with van der Waals surface area (Å²) >= 11 is 0. The third-order valence-electron chi connectivity index (χ3n) is 1.34. The maximum absolute atomic E-state index is 9.21. The molecule has 2 rings (SSSR count). The smallest absolute Gasteiger partial charge is 0.259 e. The highest BCUT2D eigenvalue weighted by Crippen LogP contribution is 2.10. The second-order valence-electron chi connectivity index (χ2n) is 2.18. The third kappa shape index (κ3) is 0.813. The first-order valence-corrected chi connectivity index (χ1v) is 3.14. The minimum absolute atomic E-state index is 0.0810. The minimum atomic E-state index is -0.0810. The lowest BCUT2D eigenvalue weighted by molar-refractivity contribution is 0.450. The molecular formula is C6H6N4O. The molecule has 0 radical (unpaired) electrons. The van der Waals surface area contributed by atoms with Crippen molar-refractivity contribution in [3.8, 4) is 5.88 Å². The Morgan fingerprint density at radius 3 is 3.18 bits per heavy atom. The van der Waals surface area contributed by atoms with E-state index in [0.717, 1.165) is 0 Å². The van der Waals surface area contributed by atoms with E-state index in [-0.39, 0.29) is 5.88 Å². The number of aromatic hydroxyl groups is 1. The predicted molar refractivity (Wildman–Crippen MR) is 37.2 cm³/mol. The van der Waals surface area contributed by atoms with E-state index in [1.165, 1.54) is 4.52 Å². The van der Waals surface area contributed by atoms with Gasteiger partial charge in [-0.05, 0) is 6.92 Å². The largest absolute Gasteiger partial charge is 0.491 e. The molecule has 2 aromatic heterocycles. The van der Waals surface area contributed by atoms with Gasteiger partial charge in [-0.15, -0.1) is 0 Å². The molecule has 0 bridgehead atoms. The van der Waals surface area contributed by atoms with Gasteiger partial charge in [0.1, 0.15) is 5.82 Å². The second-order valence-corrected chi connectivity index (χ2v) is 2.18. The molecule has 0 spiro atoms. The summed E-state index contributed by atoms with van der Waals surface area (Å²) < 4.78 is 1.48. The summed E-state index contributed by atoms with van der Waals surface area (Å²) in [7, 11) is 0. The molecule has 1 N–H and O–H groups in total. The first-order chi connectivity index (χ1) is 5.27. The average molecular weight is 150 g/mol. The Morgan fingerprint density at radius 1 is 1.55 bits per heavy atom. The maximum atomic E-state index is 9.21. The van der Waals surface area contributed by atoms with Gasteiger partial charge in [-0.2, -0.15) is 10.1 Å². The number of nitrogens with zero attached hydrogens (tertiary/aromatic N) is 4. The summed E-state index contributed by atoms with van der Waals surface area (Å²) in [5, 5.41) is 13.2. The molecule has 5 heteroatoms. The lowest BCUT2D eigenvalue weighted by Crippen LogP contribution is -1.96. The van der Waals surface area contributed by atoms with E-state index in [0.29, 0.717) is 11.5 Å². The molecule has 0 saturated carbocycles. The number of hydrogen-bond acceptors (Lipinski definition) is 4. The highest BCUT2D eigenvalue weighted by molar-refractivity contribution is 5.46. The van der Waals surface area contributed by atoms with Crippen LogP contribution in [0.2, 0.25) is 0 Å². The number of fused-ring (bicyclic) bond motifs is 1. The summed E-state index contributed by atoms with van der Waals surface area (Å²) in [6.07, 6.45) is 3.22. The summed E-state index contributed by atoms with van der Waals surface area (Å²) in [4.78, 5) is 7.58. The van der Waals surface area contributed by atoms with Crippen LogP contribution in [0, 0.1) is 6.92 Å². The molecule has 0 amide bonds. The van der Waals surface area contributed by atoms with Gasteiger partial charge in [-0.25, -0.2) is 9.50 Å². The van der Waals surface area contributed by atoms with Crippen molar-refractivity contribution < 1.29 is 5.11 Å². The van der Waals surface area contributed by atoms with Crippen molar-refractivity contribution in [1.82, 2.24) is 19.6 Å². The Hall–Kier alpha value is -1.65. The molecule has 2 aromatic rings. The highest BCUT2D eigenvalue weighted by Gasteiger charge is 2.02. The van der Waals surface area contributed by atoms with Crippen molar-refractivity contribution in [2.75, 3.05) is 0 Å². The molecule has 0 fully saturated rings. The quantitative estimate of drug-likeness (QED) is 0.580. The predicted octanol–water partition coefficient (Wildman–Crippen LogP) is 0.138. The van der Waals surface area contributed by atoms with E-state index >= 15 is 0 Å². The van der Waals surface area contributed by atoms with Crippen molar-refractivity contribution in [1.29, 1.82) is 0 Å². The molecule has 0 atom stereocenters. The fourth-order valence-electron chi connectivity index (χ4n) is 0.919. The normalized spacial score (nSPS) is 10.6. The van der Waals surface area contributed by atoms with Crippen LogP contribution >= 0.6 is 0 Å². The summed E-state index contributed by atoms with van der Waals surface area (Å²) in [5.41, 5.74) is 0.385. The zero-order valence-electron chi connectivity index (χ0n) is 5.89. The summed E-state index contributed by atoms with van der Waals surface area (Å²) in [5.74, 6) is 0.440. The number of imidazole rings is 1. The molecule has 0 aliphatic rings. The van der Waals surface area contributed by atoms with Crippen molar-refractivity contribution >= 4 is 5.65 Å². The molecule has 0 aliphatic heterocycles. The summed E-state index contributed by atoms with van der Waals surface area (Å²) in [6, 6.07) is 0. The second kappa shape index (κ2) is 1.91. The van der Waals surface area contributed by atoms with Gasteiger partial charge in [0.2, 0.25) is 5.65 Å². The van der Waals surface area contributed by atoms with Crippen LogP contribution in [0.3, 0.4) is 0 Å².